The first-order chi connectivity index (χ1) is 7.81. The first kappa shape index (κ1) is 10.6. The van der Waals surface area contributed by atoms with E-state index in [4.69, 9.17) is 10.5 Å². The second kappa shape index (κ2) is 4.76. The lowest BCUT2D eigenvalue weighted by atomic mass is 10.2. The Bertz CT molecular complexity index is 467. The minimum atomic E-state index is 0.415. The molecule has 1 heterocycles. The van der Waals surface area contributed by atoms with E-state index in [0.717, 1.165) is 17.0 Å². The van der Waals surface area contributed by atoms with Crippen LogP contribution in [0.2, 0.25) is 0 Å². The number of aromatic nitrogens is 3. The summed E-state index contributed by atoms with van der Waals surface area (Å²) in [4.78, 5) is 0. The highest BCUT2D eigenvalue weighted by molar-refractivity contribution is 5.28. The summed E-state index contributed by atoms with van der Waals surface area (Å²) in [5.74, 6) is 0.844. The van der Waals surface area contributed by atoms with Crippen LogP contribution in [-0.2, 0) is 13.1 Å². The normalized spacial score (nSPS) is 10.4. The van der Waals surface area contributed by atoms with Crippen LogP contribution in [0.4, 0.5) is 0 Å². The first-order valence-electron chi connectivity index (χ1n) is 5.04. The van der Waals surface area contributed by atoms with Crippen molar-refractivity contribution in [2.45, 2.75) is 13.1 Å². The lowest BCUT2D eigenvalue weighted by Crippen LogP contribution is -2.00. The van der Waals surface area contributed by atoms with E-state index in [-0.39, 0.29) is 0 Å². The number of ether oxygens (including phenoxy) is 1. The van der Waals surface area contributed by atoms with Gasteiger partial charge >= 0.3 is 0 Å². The molecule has 0 aliphatic rings. The van der Waals surface area contributed by atoms with Gasteiger partial charge in [-0.3, -0.25) is 0 Å². The van der Waals surface area contributed by atoms with Crippen molar-refractivity contribution in [1.82, 2.24) is 15.0 Å². The Morgan fingerprint density at radius 2 is 2.31 bits per heavy atom. The van der Waals surface area contributed by atoms with Gasteiger partial charge in [-0.1, -0.05) is 17.3 Å². The topological polar surface area (TPSA) is 66.0 Å². The van der Waals surface area contributed by atoms with E-state index in [0.29, 0.717) is 13.1 Å². The van der Waals surface area contributed by atoms with Crippen molar-refractivity contribution in [3.8, 4) is 5.75 Å². The average Bonchev–Trinajstić information content (AvgIpc) is 2.77. The van der Waals surface area contributed by atoms with Crippen LogP contribution in [-0.4, -0.2) is 22.1 Å². The number of benzene rings is 1. The quantitative estimate of drug-likeness (QED) is 0.824. The van der Waals surface area contributed by atoms with Gasteiger partial charge in [-0.25, -0.2) is 4.68 Å². The molecule has 1 aromatic heterocycles. The molecule has 0 saturated heterocycles. The Morgan fingerprint density at radius 1 is 1.44 bits per heavy atom. The van der Waals surface area contributed by atoms with E-state index >= 15 is 0 Å². The van der Waals surface area contributed by atoms with Crippen molar-refractivity contribution < 1.29 is 4.74 Å². The summed E-state index contributed by atoms with van der Waals surface area (Å²) in [5, 5.41) is 7.91. The Kier molecular flexibility index (Phi) is 3.16. The van der Waals surface area contributed by atoms with Gasteiger partial charge in [0.15, 0.2) is 0 Å². The number of rotatable bonds is 4. The summed E-state index contributed by atoms with van der Waals surface area (Å²) < 4.78 is 6.91. The van der Waals surface area contributed by atoms with Crippen LogP contribution in [0.5, 0.6) is 5.75 Å². The van der Waals surface area contributed by atoms with Gasteiger partial charge in [-0.15, -0.1) is 5.10 Å². The molecule has 0 unspecified atom stereocenters. The van der Waals surface area contributed by atoms with Gasteiger partial charge in [0, 0.05) is 6.54 Å². The fourth-order valence-electron chi connectivity index (χ4n) is 1.47. The summed E-state index contributed by atoms with van der Waals surface area (Å²) >= 11 is 0. The van der Waals surface area contributed by atoms with Crippen molar-refractivity contribution in [1.29, 1.82) is 0 Å². The van der Waals surface area contributed by atoms with E-state index in [1.807, 2.05) is 30.5 Å². The second-order valence-electron chi connectivity index (χ2n) is 3.46. The van der Waals surface area contributed by atoms with Crippen LogP contribution in [0.1, 0.15) is 11.3 Å². The molecule has 5 nitrogen and oxygen atoms in total. The third-order valence-electron chi connectivity index (χ3n) is 2.27. The molecule has 0 aliphatic carbocycles. The minimum absolute atomic E-state index is 0.415. The molecule has 5 heteroatoms. The van der Waals surface area contributed by atoms with Crippen molar-refractivity contribution >= 4 is 0 Å². The molecule has 2 N–H and O–H groups in total. The molecule has 2 aromatic rings. The molecule has 0 amide bonds. The minimum Gasteiger partial charge on any atom is -0.497 e. The third-order valence-corrected chi connectivity index (χ3v) is 2.27. The van der Waals surface area contributed by atoms with E-state index < -0.39 is 0 Å². The molecule has 0 radical (unpaired) electrons. The number of hydrogen-bond acceptors (Lipinski definition) is 4. The molecule has 2 rings (SSSR count). The largest absolute Gasteiger partial charge is 0.497 e. The molecular weight excluding hydrogens is 204 g/mol. The molecule has 0 atom stereocenters. The second-order valence-corrected chi connectivity index (χ2v) is 3.46. The molecule has 0 bridgehead atoms. The maximum absolute atomic E-state index is 5.47. The molecule has 84 valence electrons. The lowest BCUT2D eigenvalue weighted by molar-refractivity contribution is 0.414. The Morgan fingerprint density at radius 3 is 3.00 bits per heavy atom. The van der Waals surface area contributed by atoms with E-state index in [1.165, 1.54) is 0 Å². The summed E-state index contributed by atoms with van der Waals surface area (Å²) in [7, 11) is 1.65. The Balaban J connectivity index is 2.13. The standard InChI is InChI=1S/C11H14N4O/c1-16-11-4-2-3-9(5-11)7-15-8-10(6-12)13-14-15/h2-5,8H,6-7,12H2,1H3. The smallest absolute Gasteiger partial charge is 0.119 e. The maximum Gasteiger partial charge on any atom is 0.119 e. The van der Waals surface area contributed by atoms with Gasteiger partial charge in [0.2, 0.25) is 0 Å². The van der Waals surface area contributed by atoms with Gasteiger partial charge < -0.3 is 10.5 Å². The summed E-state index contributed by atoms with van der Waals surface area (Å²) in [5.41, 5.74) is 7.38. The summed E-state index contributed by atoms with van der Waals surface area (Å²) in [6, 6.07) is 7.86. The molecule has 0 spiro atoms. The summed E-state index contributed by atoms with van der Waals surface area (Å²) in [6.45, 7) is 1.09. The van der Waals surface area contributed by atoms with Crippen molar-refractivity contribution in [2.75, 3.05) is 7.11 Å². The molecule has 1 aromatic carbocycles. The van der Waals surface area contributed by atoms with Gasteiger partial charge in [0.05, 0.1) is 25.5 Å². The zero-order chi connectivity index (χ0) is 11.4. The zero-order valence-electron chi connectivity index (χ0n) is 9.13. The molecule has 0 saturated carbocycles. The number of methoxy groups -OCH3 is 1. The first-order valence-corrected chi connectivity index (χ1v) is 5.04. The van der Waals surface area contributed by atoms with Gasteiger partial charge in [0.25, 0.3) is 0 Å². The van der Waals surface area contributed by atoms with Crippen molar-refractivity contribution in [3.63, 3.8) is 0 Å². The van der Waals surface area contributed by atoms with E-state index in [9.17, 15) is 0 Å². The number of nitrogens with zero attached hydrogens (tertiary/aromatic N) is 3. The average molecular weight is 218 g/mol. The van der Waals surface area contributed by atoms with Crippen LogP contribution < -0.4 is 10.5 Å². The van der Waals surface area contributed by atoms with Crippen LogP contribution in [0, 0.1) is 0 Å². The zero-order valence-corrected chi connectivity index (χ0v) is 9.13. The van der Waals surface area contributed by atoms with Crippen LogP contribution >= 0.6 is 0 Å². The van der Waals surface area contributed by atoms with Crippen LogP contribution in [0.3, 0.4) is 0 Å². The lowest BCUT2D eigenvalue weighted by Gasteiger charge is -2.03. The van der Waals surface area contributed by atoms with Gasteiger partial charge in [0.1, 0.15) is 5.75 Å². The molecular formula is C11H14N4O. The molecule has 0 fully saturated rings. The van der Waals surface area contributed by atoms with Crippen molar-refractivity contribution in [2.24, 2.45) is 5.73 Å². The van der Waals surface area contributed by atoms with E-state index in [1.54, 1.807) is 11.8 Å². The predicted molar refractivity (Wildman–Crippen MR) is 60.0 cm³/mol. The fraction of sp³-hybridized carbons (Fsp3) is 0.273. The summed E-state index contributed by atoms with van der Waals surface area (Å²) in [6.07, 6.45) is 1.85. The highest BCUT2D eigenvalue weighted by Gasteiger charge is 2.00. The van der Waals surface area contributed by atoms with Gasteiger partial charge in [-0.2, -0.15) is 0 Å². The van der Waals surface area contributed by atoms with Crippen molar-refractivity contribution in [3.05, 3.63) is 41.7 Å². The Labute approximate surface area is 93.8 Å². The van der Waals surface area contributed by atoms with Gasteiger partial charge in [-0.05, 0) is 17.7 Å². The maximum atomic E-state index is 5.47. The molecule has 16 heavy (non-hydrogen) atoms. The Hall–Kier alpha value is -1.88. The van der Waals surface area contributed by atoms with Crippen LogP contribution in [0.15, 0.2) is 30.5 Å². The number of nitrogens with two attached hydrogens (primary N) is 1. The number of hydrogen-bond donors (Lipinski definition) is 1. The van der Waals surface area contributed by atoms with E-state index in [2.05, 4.69) is 10.3 Å². The van der Waals surface area contributed by atoms with Crippen LogP contribution in [0.25, 0.3) is 0 Å². The predicted octanol–water partition coefficient (Wildman–Crippen LogP) is 0.794. The molecule has 0 aliphatic heterocycles. The highest BCUT2D eigenvalue weighted by atomic mass is 16.5. The monoisotopic (exact) mass is 218 g/mol. The fourth-order valence-corrected chi connectivity index (χ4v) is 1.47. The third kappa shape index (κ3) is 2.38. The highest BCUT2D eigenvalue weighted by Crippen LogP contribution is 2.13. The SMILES string of the molecule is COc1cccc(Cn2cc(CN)nn2)c1.